The summed E-state index contributed by atoms with van der Waals surface area (Å²) in [6, 6.07) is 0. The Kier molecular flexibility index (Phi) is 3.01. The van der Waals surface area contributed by atoms with Crippen molar-refractivity contribution in [1.29, 1.82) is 0 Å². The number of hydrogen-bond acceptors (Lipinski definition) is 4. The minimum Gasteiger partial charge on any atom is -0.381 e. The molecule has 4 N–H and O–H groups in total. The molecule has 1 aromatic rings. The lowest BCUT2D eigenvalue weighted by molar-refractivity contribution is 1.18. The van der Waals surface area contributed by atoms with Gasteiger partial charge in [-0.15, -0.1) is 0 Å². The fourth-order valence-electron chi connectivity index (χ4n) is 0.658. The predicted molar refractivity (Wildman–Crippen MR) is 49.5 cm³/mol. The lowest BCUT2D eigenvalue weighted by atomic mass is 10.4. The number of aromatic nitrogens is 2. The number of halogens is 1. The Labute approximate surface area is 75.3 Å². The summed E-state index contributed by atoms with van der Waals surface area (Å²) in [5.41, 5.74) is 11.3. The van der Waals surface area contributed by atoms with Crippen LogP contribution in [0.15, 0.2) is 12.3 Å². The van der Waals surface area contributed by atoms with Gasteiger partial charge in [0.05, 0.1) is 11.9 Å². The molecule has 0 aliphatic rings. The van der Waals surface area contributed by atoms with E-state index in [0.717, 1.165) is 0 Å². The first-order chi connectivity index (χ1) is 5.74. The Balaban J connectivity index is 2.89. The summed E-state index contributed by atoms with van der Waals surface area (Å²) in [6.07, 6.45) is 5.03. The number of rotatable bonds is 2. The molecule has 0 amide bonds. The van der Waals surface area contributed by atoms with Crippen LogP contribution in [0.5, 0.6) is 0 Å². The lowest BCUT2D eigenvalue weighted by Gasteiger charge is -1.96. The van der Waals surface area contributed by atoms with Gasteiger partial charge in [0.25, 0.3) is 0 Å². The molecule has 5 heteroatoms. The van der Waals surface area contributed by atoms with E-state index in [1.807, 2.05) is 0 Å². The molecule has 1 heterocycles. The first-order valence-corrected chi connectivity index (χ1v) is 3.76. The third kappa shape index (κ3) is 2.18. The van der Waals surface area contributed by atoms with Crippen molar-refractivity contribution in [3.63, 3.8) is 0 Å². The van der Waals surface area contributed by atoms with E-state index in [2.05, 4.69) is 9.97 Å². The quantitative estimate of drug-likeness (QED) is 0.709. The average molecular weight is 185 g/mol. The standard InChI is InChI=1S/C7H9ClN4/c8-6-7(10)11-4-5(12-6)2-1-3-9/h1-2,4H,3,9H2,(H2,10,11). The topological polar surface area (TPSA) is 77.8 Å². The minimum atomic E-state index is 0.217. The van der Waals surface area contributed by atoms with Gasteiger partial charge in [0.15, 0.2) is 11.0 Å². The van der Waals surface area contributed by atoms with Gasteiger partial charge in [-0.25, -0.2) is 9.97 Å². The van der Waals surface area contributed by atoms with Crippen molar-refractivity contribution >= 4 is 23.5 Å². The van der Waals surface area contributed by atoms with Gasteiger partial charge in [-0.1, -0.05) is 17.7 Å². The van der Waals surface area contributed by atoms with Gasteiger partial charge in [0.1, 0.15) is 0 Å². The maximum Gasteiger partial charge on any atom is 0.171 e. The van der Waals surface area contributed by atoms with E-state index in [0.29, 0.717) is 12.2 Å². The van der Waals surface area contributed by atoms with Crippen molar-refractivity contribution < 1.29 is 0 Å². The van der Waals surface area contributed by atoms with Crippen LogP contribution in [0.1, 0.15) is 5.69 Å². The van der Waals surface area contributed by atoms with Crippen LogP contribution in [0.2, 0.25) is 5.15 Å². The molecule has 0 fully saturated rings. The Morgan fingerprint density at radius 2 is 2.33 bits per heavy atom. The fraction of sp³-hybridized carbons (Fsp3) is 0.143. The zero-order valence-corrected chi connectivity index (χ0v) is 7.12. The zero-order valence-electron chi connectivity index (χ0n) is 6.37. The molecule has 0 saturated heterocycles. The molecule has 4 nitrogen and oxygen atoms in total. The minimum absolute atomic E-state index is 0.217. The summed E-state index contributed by atoms with van der Waals surface area (Å²) in [5.74, 6) is 0.238. The van der Waals surface area contributed by atoms with Gasteiger partial charge in [-0.05, 0) is 6.08 Å². The molecule has 0 aliphatic heterocycles. The average Bonchev–Trinajstić information content (AvgIpc) is 2.07. The summed E-state index contributed by atoms with van der Waals surface area (Å²) >= 11 is 5.63. The number of nitrogens with zero attached hydrogens (tertiary/aromatic N) is 2. The first-order valence-electron chi connectivity index (χ1n) is 3.38. The van der Waals surface area contributed by atoms with E-state index in [4.69, 9.17) is 23.1 Å². The number of nitrogens with two attached hydrogens (primary N) is 2. The molecule has 0 bridgehead atoms. The molecule has 0 spiro atoms. The SMILES string of the molecule is NCC=Cc1cnc(N)c(Cl)n1. The van der Waals surface area contributed by atoms with E-state index in [1.165, 1.54) is 6.20 Å². The summed E-state index contributed by atoms with van der Waals surface area (Å²) in [5, 5.41) is 0.217. The van der Waals surface area contributed by atoms with E-state index in [9.17, 15) is 0 Å². The van der Waals surface area contributed by atoms with E-state index in [1.54, 1.807) is 12.2 Å². The normalized spacial score (nSPS) is 10.8. The van der Waals surface area contributed by atoms with Crippen LogP contribution in [0, 0.1) is 0 Å². The van der Waals surface area contributed by atoms with Crippen LogP contribution in [0.25, 0.3) is 6.08 Å². The van der Waals surface area contributed by atoms with Gasteiger partial charge >= 0.3 is 0 Å². The Morgan fingerprint density at radius 1 is 1.58 bits per heavy atom. The lowest BCUT2D eigenvalue weighted by Crippen LogP contribution is -1.96. The van der Waals surface area contributed by atoms with E-state index >= 15 is 0 Å². The highest BCUT2D eigenvalue weighted by Gasteiger charge is 1.97. The maximum atomic E-state index is 5.63. The number of hydrogen-bond donors (Lipinski definition) is 2. The van der Waals surface area contributed by atoms with Crippen LogP contribution >= 0.6 is 11.6 Å². The molecule has 0 aromatic carbocycles. The molecule has 0 saturated carbocycles. The third-order valence-corrected chi connectivity index (χ3v) is 1.48. The summed E-state index contributed by atoms with van der Waals surface area (Å²) in [7, 11) is 0. The molecular weight excluding hydrogens is 176 g/mol. The maximum absolute atomic E-state index is 5.63. The van der Waals surface area contributed by atoms with E-state index in [-0.39, 0.29) is 11.0 Å². The van der Waals surface area contributed by atoms with Crippen molar-refractivity contribution in [2.45, 2.75) is 0 Å². The van der Waals surface area contributed by atoms with Crippen LogP contribution in [-0.2, 0) is 0 Å². The molecular formula is C7H9ClN4. The Bertz CT molecular complexity index is 297. The fourth-order valence-corrected chi connectivity index (χ4v) is 0.804. The Morgan fingerprint density at radius 3 is 2.92 bits per heavy atom. The molecule has 64 valence electrons. The summed E-state index contributed by atoms with van der Waals surface area (Å²) < 4.78 is 0. The zero-order chi connectivity index (χ0) is 8.97. The van der Waals surface area contributed by atoms with Gasteiger partial charge in [0.2, 0.25) is 0 Å². The Hall–Kier alpha value is -1.13. The molecule has 1 rings (SSSR count). The highest BCUT2D eigenvalue weighted by atomic mass is 35.5. The van der Waals surface area contributed by atoms with Crippen LogP contribution in [0.4, 0.5) is 5.82 Å². The summed E-state index contributed by atoms with van der Waals surface area (Å²) in [6.45, 7) is 0.462. The smallest absolute Gasteiger partial charge is 0.171 e. The highest BCUT2D eigenvalue weighted by Crippen LogP contribution is 2.12. The second-order valence-corrected chi connectivity index (χ2v) is 2.47. The molecule has 0 aliphatic carbocycles. The van der Waals surface area contributed by atoms with Gasteiger partial charge in [-0.2, -0.15) is 0 Å². The van der Waals surface area contributed by atoms with Crippen molar-refractivity contribution in [2.75, 3.05) is 12.3 Å². The first kappa shape index (κ1) is 8.96. The third-order valence-electron chi connectivity index (χ3n) is 1.20. The van der Waals surface area contributed by atoms with Crippen LogP contribution in [-0.4, -0.2) is 16.5 Å². The van der Waals surface area contributed by atoms with Crippen LogP contribution < -0.4 is 11.5 Å². The van der Waals surface area contributed by atoms with Gasteiger partial charge in [-0.3, -0.25) is 0 Å². The predicted octanol–water partition coefficient (Wildman–Crippen LogP) is 0.684. The molecule has 0 unspecified atom stereocenters. The number of anilines is 1. The number of nitrogen functional groups attached to an aromatic ring is 1. The van der Waals surface area contributed by atoms with Crippen molar-refractivity contribution in [2.24, 2.45) is 5.73 Å². The van der Waals surface area contributed by atoms with Gasteiger partial charge in [0, 0.05) is 6.54 Å². The molecule has 1 aromatic heterocycles. The second-order valence-electron chi connectivity index (χ2n) is 2.11. The highest BCUT2D eigenvalue weighted by molar-refractivity contribution is 6.31. The second kappa shape index (κ2) is 4.04. The van der Waals surface area contributed by atoms with Crippen molar-refractivity contribution in [1.82, 2.24) is 9.97 Å². The molecule has 0 radical (unpaired) electrons. The summed E-state index contributed by atoms with van der Waals surface area (Å²) in [4.78, 5) is 7.77. The largest absolute Gasteiger partial charge is 0.381 e. The van der Waals surface area contributed by atoms with Crippen molar-refractivity contribution in [3.05, 3.63) is 23.1 Å². The van der Waals surface area contributed by atoms with E-state index < -0.39 is 0 Å². The monoisotopic (exact) mass is 184 g/mol. The van der Waals surface area contributed by atoms with Gasteiger partial charge < -0.3 is 11.5 Å². The van der Waals surface area contributed by atoms with Crippen molar-refractivity contribution in [3.8, 4) is 0 Å². The van der Waals surface area contributed by atoms with Crippen LogP contribution in [0.3, 0.4) is 0 Å². The molecule has 0 atom stereocenters. The molecule has 12 heavy (non-hydrogen) atoms.